The Bertz CT molecular complexity index is 889. The minimum atomic E-state index is -0.497. The molecule has 0 saturated carbocycles. The van der Waals surface area contributed by atoms with Crippen molar-refractivity contribution < 1.29 is 14.3 Å². The van der Waals surface area contributed by atoms with Gasteiger partial charge in [0, 0.05) is 4.47 Å². The van der Waals surface area contributed by atoms with Crippen molar-refractivity contribution in [3.63, 3.8) is 0 Å². The van der Waals surface area contributed by atoms with Crippen LogP contribution in [0.4, 0.5) is 5.69 Å². The van der Waals surface area contributed by atoms with Gasteiger partial charge in [0.15, 0.2) is 11.5 Å². The van der Waals surface area contributed by atoms with Crippen molar-refractivity contribution in [2.75, 3.05) is 19.0 Å². The summed E-state index contributed by atoms with van der Waals surface area (Å²) in [5.74, 6) is 0.586. The van der Waals surface area contributed by atoms with E-state index in [4.69, 9.17) is 9.47 Å². The number of carbonyl (C=O) groups excluding carboxylic acids is 1. The third kappa shape index (κ3) is 4.87. The number of hydrogen-bond acceptors (Lipinski definition) is 4. The van der Waals surface area contributed by atoms with Gasteiger partial charge in [-0.3, -0.25) is 4.79 Å². The average Bonchev–Trinajstić information content (AvgIpc) is 2.63. The van der Waals surface area contributed by atoms with Gasteiger partial charge in [-0.05, 0) is 74.7 Å². The van der Waals surface area contributed by atoms with Gasteiger partial charge in [-0.25, -0.2) is 0 Å². The highest BCUT2D eigenvalue weighted by Crippen LogP contribution is 2.37. The lowest BCUT2D eigenvalue weighted by molar-refractivity contribution is -0.112. The minimum Gasteiger partial charge on any atom is -0.493 e. The molecule has 2 aromatic rings. The van der Waals surface area contributed by atoms with Crippen molar-refractivity contribution in [1.29, 1.82) is 5.26 Å². The zero-order chi connectivity index (χ0) is 19.1. The Balaban J connectivity index is 2.34. The van der Waals surface area contributed by atoms with Crippen molar-refractivity contribution in [3.8, 4) is 17.6 Å². The molecule has 0 aliphatic heterocycles. The number of anilines is 1. The molecule has 1 amide bonds. The van der Waals surface area contributed by atoms with Gasteiger partial charge in [-0.15, -0.1) is 0 Å². The van der Waals surface area contributed by atoms with E-state index in [1.54, 1.807) is 30.3 Å². The van der Waals surface area contributed by atoms with Gasteiger partial charge in [0.2, 0.25) is 0 Å². The van der Waals surface area contributed by atoms with E-state index in [-0.39, 0.29) is 5.57 Å². The molecule has 0 fully saturated rings. The van der Waals surface area contributed by atoms with Crippen LogP contribution in [0.15, 0.2) is 50.9 Å². The summed E-state index contributed by atoms with van der Waals surface area (Å²) in [6.07, 6.45) is 1.50. The Morgan fingerprint density at radius 2 is 2.00 bits per heavy atom. The van der Waals surface area contributed by atoms with E-state index in [1.165, 1.54) is 13.2 Å². The number of para-hydroxylation sites is 1. The molecule has 0 heterocycles. The fraction of sp³-hybridized carbons (Fsp3) is 0.158. The van der Waals surface area contributed by atoms with Gasteiger partial charge in [-0.1, -0.05) is 12.1 Å². The summed E-state index contributed by atoms with van der Waals surface area (Å²) in [5, 5.41) is 12.1. The van der Waals surface area contributed by atoms with Gasteiger partial charge in [0.25, 0.3) is 5.91 Å². The zero-order valence-electron chi connectivity index (χ0n) is 14.2. The van der Waals surface area contributed by atoms with Crippen LogP contribution in [0.2, 0.25) is 0 Å². The van der Waals surface area contributed by atoms with Crippen molar-refractivity contribution in [2.24, 2.45) is 0 Å². The standard InChI is InChI=1S/C19H16Br2N2O3/c1-3-26-18-15(21)9-12(10-17(18)25-2)8-13(11-22)19(24)23-16-7-5-4-6-14(16)20/h4-10H,3H2,1-2H3,(H,23,24)/b13-8-. The molecule has 0 aliphatic rings. The maximum atomic E-state index is 12.4. The monoisotopic (exact) mass is 478 g/mol. The number of nitriles is 1. The zero-order valence-corrected chi connectivity index (χ0v) is 17.3. The predicted molar refractivity (Wildman–Crippen MR) is 108 cm³/mol. The summed E-state index contributed by atoms with van der Waals surface area (Å²) in [5.41, 5.74) is 1.19. The summed E-state index contributed by atoms with van der Waals surface area (Å²) in [6.45, 7) is 2.36. The molecule has 2 rings (SSSR count). The fourth-order valence-electron chi connectivity index (χ4n) is 2.18. The van der Waals surface area contributed by atoms with E-state index >= 15 is 0 Å². The lowest BCUT2D eigenvalue weighted by Crippen LogP contribution is -2.13. The molecule has 0 saturated heterocycles. The molecular formula is C19H16Br2N2O3. The second-order valence-electron chi connectivity index (χ2n) is 5.07. The van der Waals surface area contributed by atoms with Crippen LogP contribution in [0.3, 0.4) is 0 Å². The Kier molecular flexibility index (Phi) is 7.25. The van der Waals surface area contributed by atoms with Crippen molar-refractivity contribution in [1.82, 2.24) is 0 Å². The van der Waals surface area contributed by atoms with Crippen molar-refractivity contribution >= 4 is 49.5 Å². The lowest BCUT2D eigenvalue weighted by atomic mass is 10.1. The number of benzene rings is 2. The Labute approximate surface area is 168 Å². The number of amides is 1. The van der Waals surface area contributed by atoms with Crippen LogP contribution in [0, 0.1) is 11.3 Å². The van der Waals surface area contributed by atoms with Crippen molar-refractivity contribution in [3.05, 3.63) is 56.5 Å². The highest BCUT2D eigenvalue weighted by Gasteiger charge is 2.14. The molecule has 134 valence electrons. The number of hydrogen-bond donors (Lipinski definition) is 1. The van der Waals surface area contributed by atoms with Gasteiger partial charge in [-0.2, -0.15) is 5.26 Å². The van der Waals surface area contributed by atoms with Crippen LogP contribution in [-0.2, 0) is 4.79 Å². The van der Waals surface area contributed by atoms with Crippen LogP contribution in [0.5, 0.6) is 11.5 Å². The van der Waals surface area contributed by atoms with E-state index in [0.29, 0.717) is 33.8 Å². The van der Waals surface area contributed by atoms with E-state index < -0.39 is 5.91 Å². The molecule has 0 bridgehead atoms. The first-order valence-electron chi connectivity index (χ1n) is 7.68. The third-order valence-corrected chi connectivity index (χ3v) is 4.62. The molecule has 1 N–H and O–H groups in total. The quantitative estimate of drug-likeness (QED) is 0.458. The first-order valence-corrected chi connectivity index (χ1v) is 9.26. The normalized spacial score (nSPS) is 10.8. The summed E-state index contributed by atoms with van der Waals surface area (Å²) in [4.78, 5) is 12.4. The van der Waals surface area contributed by atoms with Crippen LogP contribution in [0.1, 0.15) is 12.5 Å². The highest BCUT2D eigenvalue weighted by molar-refractivity contribution is 9.11. The topological polar surface area (TPSA) is 71.3 Å². The summed E-state index contributed by atoms with van der Waals surface area (Å²) in [7, 11) is 1.53. The first-order chi connectivity index (χ1) is 12.5. The second kappa shape index (κ2) is 9.41. The van der Waals surface area contributed by atoms with Crippen LogP contribution < -0.4 is 14.8 Å². The maximum Gasteiger partial charge on any atom is 0.266 e. The SMILES string of the molecule is CCOc1c(Br)cc(/C=C(/C#N)C(=O)Nc2ccccc2Br)cc1OC. The number of nitrogens with zero attached hydrogens (tertiary/aromatic N) is 1. The fourth-order valence-corrected chi connectivity index (χ4v) is 3.13. The number of ether oxygens (including phenoxy) is 2. The second-order valence-corrected chi connectivity index (χ2v) is 6.78. The maximum absolute atomic E-state index is 12.4. The number of halogens is 2. The van der Waals surface area contributed by atoms with E-state index in [0.717, 1.165) is 4.47 Å². The third-order valence-electron chi connectivity index (χ3n) is 3.34. The molecule has 2 aromatic carbocycles. The molecule has 0 spiro atoms. The number of methoxy groups -OCH3 is 1. The van der Waals surface area contributed by atoms with E-state index in [9.17, 15) is 10.1 Å². The van der Waals surface area contributed by atoms with Gasteiger partial charge >= 0.3 is 0 Å². The summed E-state index contributed by atoms with van der Waals surface area (Å²) in [6, 6.07) is 12.6. The molecule has 0 aromatic heterocycles. The summed E-state index contributed by atoms with van der Waals surface area (Å²) < 4.78 is 12.3. The summed E-state index contributed by atoms with van der Waals surface area (Å²) >= 11 is 6.79. The molecule has 0 atom stereocenters. The Morgan fingerprint density at radius 3 is 2.62 bits per heavy atom. The number of carbonyl (C=O) groups is 1. The van der Waals surface area contributed by atoms with Gasteiger partial charge in [0.1, 0.15) is 11.6 Å². The van der Waals surface area contributed by atoms with E-state index in [1.807, 2.05) is 19.1 Å². The number of nitrogens with one attached hydrogen (secondary N) is 1. The molecule has 0 radical (unpaired) electrons. The molecule has 26 heavy (non-hydrogen) atoms. The van der Waals surface area contributed by atoms with E-state index in [2.05, 4.69) is 37.2 Å². The first kappa shape index (κ1) is 20.0. The van der Waals surface area contributed by atoms with Crippen LogP contribution in [0.25, 0.3) is 6.08 Å². The molecular weight excluding hydrogens is 464 g/mol. The molecule has 0 unspecified atom stereocenters. The van der Waals surface area contributed by atoms with Gasteiger partial charge in [0.05, 0.1) is 23.9 Å². The average molecular weight is 480 g/mol. The Hall–Kier alpha value is -2.30. The predicted octanol–water partition coefficient (Wildman–Crippen LogP) is 5.16. The minimum absolute atomic E-state index is 0.0288. The highest BCUT2D eigenvalue weighted by atomic mass is 79.9. The number of rotatable bonds is 6. The molecule has 5 nitrogen and oxygen atoms in total. The molecule has 0 aliphatic carbocycles. The van der Waals surface area contributed by atoms with Crippen LogP contribution >= 0.6 is 31.9 Å². The largest absolute Gasteiger partial charge is 0.493 e. The smallest absolute Gasteiger partial charge is 0.266 e. The Morgan fingerprint density at radius 1 is 1.27 bits per heavy atom. The lowest BCUT2D eigenvalue weighted by Gasteiger charge is -2.12. The van der Waals surface area contributed by atoms with Gasteiger partial charge < -0.3 is 14.8 Å². The van der Waals surface area contributed by atoms with Crippen molar-refractivity contribution in [2.45, 2.75) is 6.92 Å². The molecule has 7 heteroatoms. The van der Waals surface area contributed by atoms with Crippen LogP contribution in [-0.4, -0.2) is 19.6 Å².